The summed E-state index contributed by atoms with van der Waals surface area (Å²) in [6.45, 7) is 4.83. The van der Waals surface area contributed by atoms with E-state index in [-0.39, 0.29) is 35.1 Å². The van der Waals surface area contributed by atoms with Gasteiger partial charge in [-0.05, 0) is 26.0 Å². The lowest BCUT2D eigenvalue weighted by molar-refractivity contribution is -0.0390. The molecule has 1 amide bonds. The molecular formula is C16H17FN2O3. The van der Waals surface area contributed by atoms with Gasteiger partial charge in [0.2, 0.25) is 0 Å². The molecule has 22 heavy (non-hydrogen) atoms. The topological polar surface area (TPSA) is 55.6 Å². The summed E-state index contributed by atoms with van der Waals surface area (Å²) in [6, 6.07) is 7.67. The van der Waals surface area contributed by atoms with Gasteiger partial charge in [0.05, 0.1) is 24.3 Å². The van der Waals surface area contributed by atoms with Gasteiger partial charge in [0, 0.05) is 12.6 Å². The molecule has 3 rings (SSSR count). The van der Waals surface area contributed by atoms with Crippen LogP contribution >= 0.6 is 0 Å². The Morgan fingerprint density at radius 3 is 2.91 bits per heavy atom. The molecule has 6 heteroatoms. The smallest absolute Gasteiger partial charge is 0.276 e. The van der Waals surface area contributed by atoms with Gasteiger partial charge < -0.3 is 14.2 Å². The molecular weight excluding hydrogens is 287 g/mol. The van der Waals surface area contributed by atoms with Crippen LogP contribution < -0.4 is 0 Å². The Morgan fingerprint density at radius 1 is 1.36 bits per heavy atom. The lowest BCUT2D eigenvalue weighted by Crippen LogP contribution is -2.50. The molecule has 1 fully saturated rings. The summed E-state index contributed by atoms with van der Waals surface area (Å²) in [4.78, 5) is 14.2. The van der Waals surface area contributed by atoms with Crippen LogP contribution in [0.2, 0.25) is 0 Å². The maximum Gasteiger partial charge on any atom is 0.276 e. The zero-order chi connectivity index (χ0) is 15.7. The van der Waals surface area contributed by atoms with Gasteiger partial charge in [-0.15, -0.1) is 0 Å². The molecule has 0 spiro atoms. The maximum absolute atomic E-state index is 13.8. The Bertz CT molecular complexity index is 686. The van der Waals surface area contributed by atoms with Crippen molar-refractivity contribution in [1.82, 2.24) is 10.1 Å². The summed E-state index contributed by atoms with van der Waals surface area (Å²) < 4.78 is 24.4. The second-order valence-electron chi connectivity index (χ2n) is 5.51. The first-order chi connectivity index (χ1) is 10.6. The molecule has 1 aliphatic heterocycles. The van der Waals surface area contributed by atoms with Crippen molar-refractivity contribution in [2.75, 3.05) is 13.2 Å². The minimum absolute atomic E-state index is 0.0157. The summed E-state index contributed by atoms with van der Waals surface area (Å²) in [5.41, 5.74) is 0.469. The average Bonchev–Trinajstić information content (AvgIpc) is 2.99. The van der Waals surface area contributed by atoms with Crippen LogP contribution in [0.25, 0.3) is 11.3 Å². The Morgan fingerprint density at radius 2 is 2.14 bits per heavy atom. The van der Waals surface area contributed by atoms with Crippen LogP contribution in [0.1, 0.15) is 24.3 Å². The number of nitrogens with zero attached hydrogens (tertiary/aromatic N) is 2. The Kier molecular flexibility index (Phi) is 3.94. The molecule has 116 valence electrons. The Balaban J connectivity index is 1.84. The first kappa shape index (κ1) is 14.7. The highest BCUT2D eigenvalue weighted by Crippen LogP contribution is 2.24. The first-order valence-electron chi connectivity index (χ1n) is 7.20. The number of ether oxygens (including phenoxy) is 1. The van der Waals surface area contributed by atoms with E-state index in [9.17, 15) is 9.18 Å². The van der Waals surface area contributed by atoms with Crippen molar-refractivity contribution in [3.05, 3.63) is 41.8 Å². The number of rotatable bonds is 2. The molecule has 0 radical (unpaired) electrons. The predicted molar refractivity (Wildman–Crippen MR) is 77.8 cm³/mol. The van der Waals surface area contributed by atoms with Gasteiger partial charge in [0.1, 0.15) is 5.82 Å². The number of hydrogen-bond donors (Lipinski definition) is 0. The number of amides is 1. The van der Waals surface area contributed by atoms with Crippen LogP contribution in [0.4, 0.5) is 4.39 Å². The number of morpholine rings is 1. The molecule has 2 atom stereocenters. The molecule has 1 aromatic heterocycles. The first-order valence-corrected chi connectivity index (χ1v) is 7.20. The van der Waals surface area contributed by atoms with Crippen LogP contribution in [-0.2, 0) is 4.74 Å². The molecule has 0 bridgehead atoms. The maximum atomic E-state index is 13.8. The Hall–Kier alpha value is -2.21. The van der Waals surface area contributed by atoms with E-state index in [0.29, 0.717) is 13.2 Å². The van der Waals surface area contributed by atoms with Gasteiger partial charge in [-0.2, -0.15) is 0 Å². The number of benzene rings is 1. The normalized spacial score (nSPS) is 21.9. The molecule has 0 saturated carbocycles. The molecule has 2 aromatic rings. The third kappa shape index (κ3) is 2.74. The van der Waals surface area contributed by atoms with Gasteiger partial charge >= 0.3 is 0 Å². The van der Waals surface area contributed by atoms with Crippen molar-refractivity contribution in [3.8, 4) is 11.3 Å². The SMILES string of the molecule is C[C@H]1CN(C(=O)c2cc(-c3ccccc3F)on2)[C@@H](C)CO1. The van der Waals surface area contributed by atoms with E-state index in [1.54, 1.807) is 23.1 Å². The third-order valence-electron chi connectivity index (χ3n) is 3.74. The highest BCUT2D eigenvalue weighted by atomic mass is 19.1. The van der Waals surface area contributed by atoms with E-state index in [2.05, 4.69) is 5.16 Å². The fourth-order valence-electron chi connectivity index (χ4n) is 2.50. The molecule has 1 aromatic carbocycles. The summed E-state index contributed by atoms with van der Waals surface area (Å²) >= 11 is 0. The van der Waals surface area contributed by atoms with Crippen LogP contribution in [-0.4, -0.2) is 41.3 Å². The number of aromatic nitrogens is 1. The lowest BCUT2D eigenvalue weighted by Gasteiger charge is -2.36. The number of carbonyl (C=O) groups is 1. The lowest BCUT2D eigenvalue weighted by atomic mass is 10.1. The highest BCUT2D eigenvalue weighted by molar-refractivity contribution is 5.93. The quantitative estimate of drug-likeness (QED) is 0.856. The third-order valence-corrected chi connectivity index (χ3v) is 3.74. The van der Waals surface area contributed by atoms with Crippen molar-refractivity contribution in [2.24, 2.45) is 0 Å². The molecule has 5 nitrogen and oxygen atoms in total. The molecule has 0 N–H and O–H groups in total. The van der Waals surface area contributed by atoms with Gasteiger partial charge in [0.25, 0.3) is 5.91 Å². The molecule has 2 heterocycles. The van der Waals surface area contributed by atoms with Crippen molar-refractivity contribution < 1.29 is 18.4 Å². The van der Waals surface area contributed by atoms with E-state index in [0.717, 1.165) is 0 Å². The zero-order valence-electron chi connectivity index (χ0n) is 12.5. The second-order valence-corrected chi connectivity index (χ2v) is 5.51. The Labute approximate surface area is 127 Å². The highest BCUT2D eigenvalue weighted by Gasteiger charge is 2.30. The van der Waals surface area contributed by atoms with Crippen molar-refractivity contribution in [1.29, 1.82) is 0 Å². The van der Waals surface area contributed by atoms with Crippen molar-refractivity contribution in [2.45, 2.75) is 26.0 Å². The minimum Gasteiger partial charge on any atom is -0.375 e. The van der Waals surface area contributed by atoms with Gasteiger partial charge in [0.15, 0.2) is 11.5 Å². The fourth-order valence-corrected chi connectivity index (χ4v) is 2.50. The van der Waals surface area contributed by atoms with E-state index in [1.807, 2.05) is 13.8 Å². The summed E-state index contributed by atoms with van der Waals surface area (Å²) in [6.07, 6.45) is -0.0157. The van der Waals surface area contributed by atoms with Gasteiger partial charge in [-0.3, -0.25) is 4.79 Å². The van der Waals surface area contributed by atoms with Gasteiger partial charge in [-0.1, -0.05) is 17.3 Å². The minimum atomic E-state index is -0.411. The van der Waals surface area contributed by atoms with Gasteiger partial charge in [-0.25, -0.2) is 4.39 Å². The summed E-state index contributed by atoms with van der Waals surface area (Å²) in [5.74, 6) is -0.393. The second kappa shape index (κ2) is 5.88. The number of halogens is 1. The van der Waals surface area contributed by atoms with E-state index in [1.165, 1.54) is 12.1 Å². The van der Waals surface area contributed by atoms with Crippen LogP contribution in [0.15, 0.2) is 34.9 Å². The fraction of sp³-hybridized carbons (Fsp3) is 0.375. The predicted octanol–water partition coefficient (Wildman–Crippen LogP) is 2.73. The number of carbonyl (C=O) groups excluding carboxylic acids is 1. The van der Waals surface area contributed by atoms with E-state index in [4.69, 9.17) is 9.26 Å². The zero-order valence-corrected chi connectivity index (χ0v) is 12.5. The largest absolute Gasteiger partial charge is 0.375 e. The average molecular weight is 304 g/mol. The van der Waals surface area contributed by atoms with Crippen LogP contribution in [0.5, 0.6) is 0 Å². The van der Waals surface area contributed by atoms with Crippen LogP contribution in [0.3, 0.4) is 0 Å². The summed E-state index contributed by atoms with van der Waals surface area (Å²) in [7, 11) is 0. The standard InChI is InChI=1S/C16H17FN2O3/c1-10-9-21-11(2)8-19(10)16(20)14-7-15(22-18-14)12-5-3-4-6-13(12)17/h3-7,10-11H,8-9H2,1-2H3/t10-,11-/m0/s1. The summed E-state index contributed by atoms with van der Waals surface area (Å²) in [5, 5.41) is 3.79. The molecule has 0 aliphatic carbocycles. The number of hydrogen-bond acceptors (Lipinski definition) is 4. The molecule has 0 unspecified atom stereocenters. The molecule has 1 aliphatic rings. The van der Waals surface area contributed by atoms with Crippen molar-refractivity contribution in [3.63, 3.8) is 0 Å². The van der Waals surface area contributed by atoms with E-state index >= 15 is 0 Å². The van der Waals surface area contributed by atoms with E-state index < -0.39 is 5.82 Å². The molecule has 1 saturated heterocycles. The monoisotopic (exact) mass is 304 g/mol. The van der Waals surface area contributed by atoms with Crippen molar-refractivity contribution >= 4 is 5.91 Å². The van der Waals surface area contributed by atoms with Crippen LogP contribution in [0, 0.1) is 5.82 Å².